The molecule has 0 saturated carbocycles. The molecule has 1 aliphatic heterocycles. The first kappa shape index (κ1) is 16.2. The van der Waals surface area contributed by atoms with Gasteiger partial charge in [0, 0.05) is 28.5 Å². The van der Waals surface area contributed by atoms with Gasteiger partial charge in [0.2, 0.25) is 0 Å². The number of nitrogens with one attached hydrogen (secondary N) is 1. The van der Waals surface area contributed by atoms with Crippen molar-refractivity contribution in [3.05, 3.63) is 44.7 Å². The van der Waals surface area contributed by atoms with Gasteiger partial charge in [-0.15, -0.1) is 0 Å². The standard InChI is InChI=1S/C15H15BrN2O4S/c1-18(11-4-5-23(21,22)8-11)15(20)12-7-9-6-10(16)2-3-13(9)17-14(12)19/h2-3,6-7,11H,4-5,8H2,1H3,(H,17,19). The molecule has 0 aliphatic carbocycles. The number of pyridine rings is 1. The Morgan fingerprint density at radius 2 is 2.09 bits per heavy atom. The van der Waals surface area contributed by atoms with Gasteiger partial charge in [0.25, 0.3) is 11.5 Å². The summed E-state index contributed by atoms with van der Waals surface area (Å²) in [6.45, 7) is 0. The lowest BCUT2D eigenvalue weighted by Crippen LogP contribution is -2.40. The minimum Gasteiger partial charge on any atom is -0.337 e. The number of benzene rings is 1. The molecule has 3 rings (SSSR count). The molecule has 1 fully saturated rings. The Morgan fingerprint density at radius 3 is 2.74 bits per heavy atom. The molecule has 122 valence electrons. The summed E-state index contributed by atoms with van der Waals surface area (Å²) >= 11 is 3.35. The van der Waals surface area contributed by atoms with Crippen LogP contribution in [0.5, 0.6) is 0 Å². The summed E-state index contributed by atoms with van der Waals surface area (Å²) in [4.78, 5) is 28.8. The normalized spacial score (nSPS) is 19.8. The number of halogens is 1. The van der Waals surface area contributed by atoms with Crippen LogP contribution in [0.15, 0.2) is 33.5 Å². The van der Waals surface area contributed by atoms with Gasteiger partial charge in [-0.05, 0) is 30.7 Å². The zero-order chi connectivity index (χ0) is 16.8. The Balaban J connectivity index is 1.97. The van der Waals surface area contributed by atoms with Crippen LogP contribution < -0.4 is 5.56 Å². The quantitative estimate of drug-likeness (QED) is 0.830. The predicted molar refractivity (Wildman–Crippen MR) is 91.4 cm³/mol. The van der Waals surface area contributed by atoms with Crippen molar-refractivity contribution >= 4 is 42.6 Å². The highest BCUT2D eigenvalue weighted by Crippen LogP contribution is 2.20. The number of H-pyrrole nitrogens is 1. The van der Waals surface area contributed by atoms with Gasteiger partial charge in [0.1, 0.15) is 5.56 Å². The molecule has 1 saturated heterocycles. The van der Waals surface area contributed by atoms with Crippen molar-refractivity contribution < 1.29 is 13.2 Å². The summed E-state index contributed by atoms with van der Waals surface area (Å²) < 4.78 is 24.0. The second-order valence-corrected chi connectivity index (χ2v) is 8.86. The summed E-state index contributed by atoms with van der Waals surface area (Å²) in [7, 11) is -1.55. The first-order valence-electron chi connectivity index (χ1n) is 7.07. The Labute approximate surface area is 141 Å². The van der Waals surface area contributed by atoms with Gasteiger partial charge >= 0.3 is 0 Å². The largest absolute Gasteiger partial charge is 0.337 e. The zero-order valence-corrected chi connectivity index (χ0v) is 14.8. The maximum atomic E-state index is 12.6. The molecule has 1 amide bonds. The number of hydrogen-bond acceptors (Lipinski definition) is 4. The van der Waals surface area contributed by atoms with E-state index < -0.39 is 21.3 Å². The number of carbonyl (C=O) groups excluding carboxylic acids is 1. The van der Waals surface area contributed by atoms with Gasteiger partial charge in [0.05, 0.1) is 11.5 Å². The van der Waals surface area contributed by atoms with Gasteiger partial charge in [-0.1, -0.05) is 15.9 Å². The number of amides is 1. The lowest BCUT2D eigenvalue weighted by Gasteiger charge is -2.23. The lowest BCUT2D eigenvalue weighted by molar-refractivity contribution is 0.0746. The van der Waals surface area contributed by atoms with Gasteiger partial charge < -0.3 is 9.88 Å². The number of sulfone groups is 1. The van der Waals surface area contributed by atoms with E-state index in [0.717, 1.165) is 9.86 Å². The molecule has 1 N–H and O–H groups in total. The molecule has 0 spiro atoms. The highest BCUT2D eigenvalue weighted by molar-refractivity contribution is 9.10. The molecule has 0 radical (unpaired) electrons. The van der Waals surface area contributed by atoms with Crippen molar-refractivity contribution in [1.82, 2.24) is 9.88 Å². The lowest BCUT2D eigenvalue weighted by atomic mass is 10.1. The minimum absolute atomic E-state index is 0.0161. The first-order chi connectivity index (χ1) is 10.8. The fourth-order valence-electron chi connectivity index (χ4n) is 2.77. The first-order valence-corrected chi connectivity index (χ1v) is 9.68. The highest BCUT2D eigenvalue weighted by Gasteiger charge is 2.33. The third-order valence-electron chi connectivity index (χ3n) is 4.11. The fraction of sp³-hybridized carbons (Fsp3) is 0.333. The van der Waals surface area contributed by atoms with Crippen LogP contribution in [-0.2, 0) is 9.84 Å². The maximum Gasteiger partial charge on any atom is 0.261 e. The van der Waals surface area contributed by atoms with Crippen LogP contribution in [0.2, 0.25) is 0 Å². The number of carbonyl (C=O) groups is 1. The van der Waals surface area contributed by atoms with E-state index in [1.54, 1.807) is 25.2 Å². The van der Waals surface area contributed by atoms with Crippen LogP contribution in [0.4, 0.5) is 0 Å². The zero-order valence-electron chi connectivity index (χ0n) is 12.4. The molecule has 0 bridgehead atoms. The molecule has 1 aromatic heterocycles. The van der Waals surface area contributed by atoms with E-state index in [0.29, 0.717) is 11.9 Å². The minimum atomic E-state index is -3.09. The number of aromatic nitrogens is 1. The average molecular weight is 399 g/mol. The molecule has 2 aromatic rings. The van der Waals surface area contributed by atoms with Crippen LogP contribution in [0.25, 0.3) is 10.9 Å². The number of nitrogens with zero attached hydrogens (tertiary/aromatic N) is 1. The maximum absolute atomic E-state index is 12.6. The molecule has 1 aromatic carbocycles. The van der Waals surface area contributed by atoms with Crippen molar-refractivity contribution in [1.29, 1.82) is 0 Å². The third-order valence-corrected chi connectivity index (χ3v) is 6.36. The molecule has 8 heteroatoms. The van der Waals surface area contributed by atoms with Crippen molar-refractivity contribution in [2.75, 3.05) is 18.6 Å². The van der Waals surface area contributed by atoms with Crippen LogP contribution >= 0.6 is 15.9 Å². The van der Waals surface area contributed by atoms with Crippen LogP contribution in [0.3, 0.4) is 0 Å². The van der Waals surface area contributed by atoms with Crippen molar-refractivity contribution in [3.63, 3.8) is 0 Å². The topological polar surface area (TPSA) is 87.3 Å². The summed E-state index contributed by atoms with van der Waals surface area (Å²) in [5, 5.41) is 0.731. The second kappa shape index (κ2) is 5.76. The predicted octanol–water partition coefficient (Wildman–Crippen LogP) is 1.55. The molecular formula is C15H15BrN2O4S. The smallest absolute Gasteiger partial charge is 0.261 e. The van der Waals surface area contributed by atoms with Crippen LogP contribution in [0, 0.1) is 0 Å². The number of fused-ring (bicyclic) bond motifs is 1. The number of aromatic amines is 1. The molecule has 23 heavy (non-hydrogen) atoms. The van der Waals surface area contributed by atoms with E-state index in [-0.39, 0.29) is 23.1 Å². The monoisotopic (exact) mass is 398 g/mol. The third kappa shape index (κ3) is 3.18. The Kier molecular flexibility index (Phi) is 4.05. The number of rotatable bonds is 2. The molecule has 1 aliphatic rings. The van der Waals surface area contributed by atoms with Crippen LogP contribution in [-0.4, -0.2) is 48.8 Å². The van der Waals surface area contributed by atoms with Crippen molar-refractivity contribution in [3.8, 4) is 0 Å². The van der Waals surface area contributed by atoms with E-state index in [1.807, 2.05) is 6.07 Å². The van der Waals surface area contributed by atoms with Gasteiger partial charge in [-0.25, -0.2) is 8.42 Å². The molecule has 1 unspecified atom stereocenters. The SMILES string of the molecule is CN(C(=O)c1cc2cc(Br)ccc2[nH]c1=O)C1CCS(=O)(=O)C1. The summed E-state index contributed by atoms with van der Waals surface area (Å²) in [6, 6.07) is 6.52. The molecular weight excluding hydrogens is 384 g/mol. The van der Waals surface area contributed by atoms with E-state index >= 15 is 0 Å². The fourth-order valence-corrected chi connectivity index (χ4v) is 4.93. The second-order valence-electron chi connectivity index (χ2n) is 5.72. The van der Waals surface area contributed by atoms with E-state index in [1.165, 1.54) is 4.90 Å². The Bertz CT molecular complexity index is 952. The van der Waals surface area contributed by atoms with Crippen LogP contribution in [0.1, 0.15) is 16.8 Å². The van der Waals surface area contributed by atoms with E-state index in [9.17, 15) is 18.0 Å². The van der Waals surface area contributed by atoms with Gasteiger partial charge in [-0.2, -0.15) is 0 Å². The molecule has 6 nitrogen and oxygen atoms in total. The van der Waals surface area contributed by atoms with Gasteiger partial charge in [-0.3, -0.25) is 9.59 Å². The molecule has 2 heterocycles. The van der Waals surface area contributed by atoms with Crippen molar-refractivity contribution in [2.45, 2.75) is 12.5 Å². The van der Waals surface area contributed by atoms with E-state index in [2.05, 4.69) is 20.9 Å². The Morgan fingerprint density at radius 1 is 1.35 bits per heavy atom. The average Bonchev–Trinajstić information content (AvgIpc) is 2.85. The summed E-state index contributed by atoms with van der Waals surface area (Å²) in [5.41, 5.74) is 0.181. The van der Waals surface area contributed by atoms with Gasteiger partial charge in [0.15, 0.2) is 9.84 Å². The highest BCUT2D eigenvalue weighted by atomic mass is 79.9. The number of hydrogen-bond donors (Lipinski definition) is 1. The summed E-state index contributed by atoms with van der Waals surface area (Å²) in [5.74, 6) is -0.432. The van der Waals surface area contributed by atoms with Crippen molar-refractivity contribution in [2.24, 2.45) is 0 Å². The van der Waals surface area contributed by atoms with E-state index in [4.69, 9.17) is 0 Å². The molecule has 1 atom stereocenters. The summed E-state index contributed by atoms with van der Waals surface area (Å²) in [6.07, 6.45) is 0.404. The Hall–Kier alpha value is -1.67.